The molecule has 2 saturated heterocycles. The maximum atomic E-state index is 13.6. The molecule has 3 aliphatic heterocycles. The highest BCUT2D eigenvalue weighted by molar-refractivity contribution is 6.03. The average molecular weight is 533 g/mol. The van der Waals surface area contributed by atoms with Crippen LogP contribution in [0.5, 0.6) is 0 Å². The van der Waals surface area contributed by atoms with Gasteiger partial charge in [-0.25, -0.2) is 19.2 Å². The largest absolute Gasteiger partial charge is 0.459 e. The van der Waals surface area contributed by atoms with Crippen molar-refractivity contribution in [2.45, 2.75) is 63.6 Å². The predicted molar refractivity (Wildman–Crippen MR) is 136 cm³/mol. The molecule has 3 aliphatic rings. The summed E-state index contributed by atoms with van der Waals surface area (Å²) in [5.74, 6) is -1.73. The van der Waals surface area contributed by atoms with Crippen LogP contribution in [-0.2, 0) is 19.1 Å². The summed E-state index contributed by atoms with van der Waals surface area (Å²) in [4.78, 5) is 52.8. The maximum absolute atomic E-state index is 13.6. The smallest absolute Gasteiger partial charge is 0.339 e. The highest BCUT2D eigenvalue weighted by Gasteiger charge is 2.44. The average Bonchev–Trinajstić information content (AvgIpc) is 2.93. The molecule has 0 bridgehead atoms. The fraction of sp³-hybridized carbons (Fsp3) is 0.643. The topological polar surface area (TPSA) is 127 Å². The third kappa shape index (κ3) is 6.48. The van der Waals surface area contributed by atoms with Crippen LogP contribution in [0.25, 0.3) is 0 Å². The SMILES string of the molecule is O=C1OCC(O)C[N+]2(CCCCC2)C(=O)CCC(=O)[N+]2(CCCCC2)CC(O)COC(=O)c2ccccc21. The number of benzene rings is 1. The van der Waals surface area contributed by atoms with Crippen molar-refractivity contribution in [3.05, 3.63) is 35.4 Å². The summed E-state index contributed by atoms with van der Waals surface area (Å²) in [6, 6.07) is 6.06. The molecular formula is C28H40N2O8+2. The lowest BCUT2D eigenvalue weighted by Gasteiger charge is -2.41. The number of esters is 2. The lowest BCUT2D eigenvalue weighted by molar-refractivity contribution is -0.866. The molecule has 10 heteroatoms. The van der Waals surface area contributed by atoms with Crippen molar-refractivity contribution < 1.29 is 47.8 Å². The van der Waals surface area contributed by atoms with Gasteiger partial charge in [0.05, 0.1) is 50.1 Å². The van der Waals surface area contributed by atoms with Gasteiger partial charge in [0.15, 0.2) is 0 Å². The van der Waals surface area contributed by atoms with Crippen LogP contribution in [0.2, 0.25) is 0 Å². The zero-order valence-corrected chi connectivity index (χ0v) is 22.0. The number of piperidine rings is 2. The molecule has 2 atom stereocenters. The molecule has 0 saturated carbocycles. The molecule has 0 aliphatic carbocycles. The molecule has 0 aromatic heterocycles. The van der Waals surface area contributed by atoms with Gasteiger partial charge in [0.2, 0.25) is 0 Å². The Morgan fingerprint density at radius 1 is 0.605 bits per heavy atom. The zero-order chi connectivity index (χ0) is 27.2. The molecule has 1 aromatic rings. The number of aliphatic hydroxyl groups is 2. The van der Waals surface area contributed by atoms with E-state index in [4.69, 9.17) is 9.47 Å². The fourth-order valence-corrected chi connectivity index (χ4v) is 6.24. The van der Waals surface area contributed by atoms with E-state index in [0.29, 0.717) is 26.2 Å². The van der Waals surface area contributed by atoms with E-state index >= 15 is 0 Å². The van der Waals surface area contributed by atoms with E-state index in [1.165, 1.54) is 12.1 Å². The highest BCUT2D eigenvalue weighted by Crippen LogP contribution is 2.26. The number of carbonyl (C=O) groups is 4. The molecule has 2 amide bonds. The summed E-state index contributed by atoms with van der Waals surface area (Å²) in [5.41, 5.74) is -0.0130. The molecule has 2 N–H and O–H groups in total. The highest BCUT2D eigenvalue weighted by atomic mass is 16.5. The van der Waals surface area contributed by atoms with Gasteiger partial charge in [-0.2, -0.15) is 0 Å². The van der Waals surface area contributed by atoms with Crippen molar-refractivity contribution in [2.75, 3.05) is 52.5 Å². The van der Waals surface area contributed by atoms with Gasteiger partial charge in [-0.1, -0.05) is 12.1 Å². The van der Waals surface area contributed by atoms with Crippen LogP contribution in [0.4, 0.5) is 0 Å². The zero-order valence-electron chi connectivity index (χ0n) is 22.0. The monoisotopic (exact) mass is 532 g/mol. The van der Waals surface area contributed by atoms with E-state index in [9.17, 15) is 29.4 Å². The first-order valence-electron chi connectivity index (χ1n) is 13.8. The number of hydrogen-bond donors (Lipinski definition) is 2. The van der Waals surface area contributed by atoms with E-state index in [1.54, 1.807) is 12.1 Å². The van der Waals surface area contributed by atoms with Gasteiger partial charge in [0.25, 0.3) is 0 Å². The molecule has 4 rings (SSSR count). The van der Waals surface area contributed by atoms with Crippen LogP contribution in [0.1, 0.15) is 72.1 Å². The third-order valence-electron chi connectivity index (χ3n) is 8.26. The Bertz CT molecular complexity index is 948. The van der Waals surface area contributed by atoms with Crippen LogP contribution >= 0.6 is 0 Å². The summed E-state index contributed by atoms with van der Waals surface area (Å²) in [6.45, 7) is 1.85. The summed E-state index contributed by atoms with van der Waals surface area (Å²) in [5, 5.41) is 21.6. The lowest BCUT2D eigenvalue weighted by Crippen LogP contribution is -2.61. The second-order valence-electron chi connectivity index (χ2n) is 11.0. The van der Waals surface area contributed by atoms with Gasteiger partial charge >= 0.3 is 23.8 Å². The number of rotatable bonds is 0. The Balaban J connectivity index is 1.62. The molecule has 208 valence electrons. The van der Waals surface area contributed by atoms with Crippen molar-refractivity contribution in [3.63, 3.8) is 0 Å². The fourth-order valence-electron chi connectivity index (χ4n) is 6.24. The molecule has 2 fully saturated rings. The number of amides is 2. The van der Waals surface area contributed by atoms with Gasteiger partial charge in [0, 0.05) is 0 Å². The molecule has 2 unspecified atom stereocenters. The van der Waals surface area contributed by atoms with Gasteiger partial charge in [-0.3, -0.25) is 8.97 Å². The van der Waals surface area contributed by atoms with Gasteiger partial charge < -0.3 is 19.7 Å². The van der Waals surface area contributed by atoms with Crippen molar-refractivity contribution in [3.8, 4) is 0 Å². The first-order chi connectivity index (χ1) is 18.2. The number of aliphatic hydroxyl groups excluding tert-OH is 2. The van der Waals surface area contributed by atoms with Crippen LogP contribution < -0.4 is 0 Å². The first kappa shape index (κ1) is 28.4. The second kappa shape index (κ2) is 12.5. The molecule has 38 heavy (non-hydrogen) atoms. The van der Waals surface area contributed by atoms with Crippen molar-refractivity contribution in [2.24, 2.45) is 0 Å². The Labute approximate surface area is 223 Å². The standard InChI is InChI=1S/C28H40N2O8/c31-21-17-29(13-5-1-6-14-29)25(33)11-12-26(34)30(15-7-2-8-16-30)18-22(32)20-38-28(36)24-10-4-3-9-23(24)27(35)37-19-21/h3-4,9-10,21-22,31-32H,1-2,5-8,11-20H2/q+2. The quantitative estimate of drug-likeness (QED) is 0.381. The number of carbonyl (C=O) groups excluding carboxylic acids is 4. The lowest BCUT2D eigenvalue weighted by atomic mass is 10.0. The minimum Gasteiger partial charge on any atom is -0.459 e. The van der Waals surface area contributed by atoms with Crippen molar-refractivity contribution in [1.29, 1.82) is 0 Å². The summed E-state index contributed by atoms with van der Waals surface area (Å²) in [7, 11) is 0. The van der Waals surface area contributed by atoms with E-state index in [0.717, 1.165) is 38.5 Å². The summed E-state index contributed by atoms with van der Waals surface area (Å²) >= 11 is 0. The second-order valence-corrected chi connectivity index (χ2v) is 11.0. The van der Waals surface area contributed by atoms with Crippen molar-refractivity contribution in [1.82, 2.24) is 0 Å². The normalized spacial score (nSPS) is 27.6. The molecular weight excluding hydrogens is 492 g/mol. The van der Waals surface area contributed by atoms with Gasteiger partial charge in [-0.05, 0) is 50.7 Å². The summed E-state index contributed by atoms with van der Waals surface area (Å²) < 4.78 is 10.8. The molecule has 1 aromatic carbocycles. The molecule has 10 nitrogen and oxygen atoms in total. The van der Waals surface area contributed by atoms with E-state index in [1.807, 2.05) is 0 Å². The van der Waals surface area contributed by atoms with Gasteiger partial charge in [0.1, 0.15) is 38.5 Å². The van der Waals surface area contributed by atoms with Crippen LogP contribution in [0.3, 0.4) is 0 Å². The van der Waals surface area contributed by atoms with E-state index in [2.05, 4.69) is 0 Å². The van der Waals surface area contributed by atoms with E-state index in [-0.39, 0.29) is 71.1 Å². The summed E-state index contributed by atoms with van der Waals surface area (Å²) in [6.07, 6.45) is 3.33. The number of fused-ring (bicyclic) bond motifs is 1. The Morgan fingerprint density at radius 3 is 1.34 bits per heavy atom. The molecule has 0 radical (unpaired) electrons. The Hall–Kier alpha value is -2.66. The predicted octanol–water partition coefficient (Wildman–Crippen LogP) is 1.57. The van der Waals surface area contributed by atoms with Crippen LogP contribution in [0.15, 0.2) is 24.3 Å². The number of quaternary nitrogens is 2. The number of ether oxygens (including phenoxy) is 2. The molecule has 2 spiro atoms. The third-order valence-corrected chi connectivity index (χ3v) is 8.26. The minimum atomic E-state index is -1.08. The number of nitrogens with zero attached hydrogens (tertiary/aromatic N) is 2. The van der Waals surface area contributed by atoms with Gasteiger partial charge in [-0.15, -0.1) is 0 Å². The van der Waals surface area contributed by atoms with Crippen LogP contribution in [0, 0.1) is 0 Å². The Morgan fingerprint density at radius 2 is 0.974 bits per heavy atom. The molecule has 3 heterocycles. The minimum absolute atomic E-state index is 0.00652. The first-order valence-corrected chi connectivity index (χ1v) is 13.8. The number of hydrogen-bond acceptors (Lipinski definition) is 8. The van der Waals surface area contributed by atoms with Crippen LogP contribution in [-0.4, -0.2) is 108 Å². The van der Waals surface area contributed by atoms with Crippen molar-refractivity contribution >= 4 is 23.8 Å². The Kier molecular flexibility index (Phi) is 9.30. The van der Waals surface area contributed by atoms with E-state index < -0.39 is 24.1 Å². The maximum Gasteiger partial charge on any atom is 0.339 e. The number of cyclic esters (lactones) is 2.